The van der Waals surface area contributed by atoms with Crippen LogP contribution in [0.1, 0.15) is 38.5 Å². The molecule has 3 aliphatic rings. The number of hydrogen-bond donors (Lipinski definition) is 0. The molecule has 1 saturated heterocycles. The van der Waals surface area contributed by atoms with Gasteiger partial charge in [-0.1, -0.05) is 19.3 Å². The van der Waals surface area contributed by atoms with E-state index in [4.69, 9.17) is 4.74 Å². The Morgan fingerprint density at radius 2 is 1.88 bits per heavy atom. The number of hydrogen-bond acceptors (Lipinski definition) is 3. The minimum Gasteiger partial charge on any atom is -0.456 e. The lowest BCUT2D eigenvalue weighted by molar-refractivity contribution is -0.138. The van der Waals surface area contributed by atoms with Crippen LogP contribution in [0.4, 0.5) is 0 Å². The van der Waals surface area contributed by atoms with E-state index in [0.717, 1.165) is 44.3 Å². The number of nitrogens with zero attached hydrogens (tertiary/aromatic N) is 1. The molecule has 0 aromatic rings. The third kappa shape index (κ3) is 1.66. The van der Waals surface area contributed by atoms with Crippen molar-refractivity contribution in [2.45, 2.75) is 38.5 Å². The highest BCUT2D eigenvalue weighted by molar-refractivity contribution is 5.90. The summed E-state index contributed by atoms with van der Waals surface area (Å²) >= 11 is 0. The summed E-state index contributed by atoms with van der Waals surface area (Å²) < 4.78 is 4.88. The molecular weight excluding hydrogens is 218 g/mol. The van der Waals surface area contributed by atoms with Crippen molar-refractivity contribution in [3.05, 3.63) is 11.8 Å². The van der Waals surface area contributed by atoms with E-state index in [1.54, 1.807) is 4.90 Å². The Morgan fingerprint density at radius 3 is 2.53 bits per heavy atom. The zero-order valence-corrected chi connectivity index (χ0v) is 9.91. The number of ether oxygens (including phenoxy) is 1. The summed E-state index contributed by atoms with van der Waals surface area (Å²) in [5, 5.41) is 0. The standard InChI is InChI=1S/C13H17NO3/c15-11-8-10(9-17-11)14-7-6-13(12(14)16)4-2-1-3-5-13/h8H,1-7,9H2. The van der Waals surface area contributed by atoms with Crippen LogP contribution in [0.2, 0.25) is 0 Å². The molecule has 1 aliphatic carbocycles. The van der Waals surface area contributed by atoms with E-state index in [2.05, 4.69) is 0 Å². The molecule has 3 rings (SSSR count). The molecule has 17 heavy (non-hydrogen) atoms. The zero-order valence-electron chi connectivity index (χ0n) is 9.91. The van der Waals surface area contributed by atoms with Crippen molar-refractivity contribution in [1.82, 2.24) is 4.90 Å². The van der Waals surface area contributed by atoms with Gasteiger partial charge in [0.1, 0.15) is 6.61 Å². The minimum absolute atomic E-state index is 0.120. The van der Waals surface area contributed by atoms with Gasteiger partial charge in [0, 0.05) is 12.6 Å². The van der Waals surface area contributed by atoms with Crippen LogP contribution in [-0.2, 0) is 14.3 Å². The number of cyclic esters (lactones) is 1. The SMILES string of the molecule is O=C1C=C(N2CCC3(CCCCC3)C2=O)CO1. The monoisotopic (exact) mass is 235 g/mol. The van der Waals surface area contributed by atoms with Gasteiger partial charge in [0.2, 0.25) is 5.91 Å². The summed E-state index contributed by atoms with van der Waals surface area (Å²) in [6.07, 6.45) is 8.01. The van der Waals surface area contributed by atoms with Crippen molar-refractivity contribution in [1.29, 1.82) is 0 Å². The van der Waals surface area contributed by atoms with Gasteiger partial charge in [0.15, 0.2) is 0 Å². The summed E-state index contributed by atoms with van der Waals surface area (Å²) in [5.41, 5.74) is 0.632. The van der Waals surface area contributed by atoms with Crippen molar-refractivity contribution in [2.24, 2.45) is 5.41 Å². The van der Waals surface area contributed by atoms with Crippen LogP contribution in [-0.4, -0.2) is 29.9 Å². The highest BCUT2D eigenvalue weighted by atomic mass is 16.5. The number of rotatable bonds is 1. The highest BCUT2D eigenvalue weighted by Gasteiger charge is 2.48. The van der Waals surface area contributed by atoms with E-state index in [9.17, 15) is 9.59 Å². The second-order valence-electron chi connectivity index (χ2n) is 5.29. The fourth-order valence-electron chi connectivity index (χ4n) is 3.31. The molecule has 0 bridgehead atoms. The summed E-state index contributed by atoms with van der Waals surface area (Å²) in [6.45, 7) is 1.02. The summed E-state index contributed by atoms with van der Waals surface area (Å²) in [7, 11) is 0. The molecule has 4 nitrogen and oxygen atoms in total. The maximum absolute atomic E-state index is 12.5. The lowest BCUT2D eigenvalue weighted by Crippen LogP contribution is -2.36. The lowest BCUT2D eigenvalue weighted by atomic mass is 9.73. The average Bonchev–Trinajstić information content (AvgIpc) is 2.88. The van der Waals surface area contributed by atoms with Gasteiger partial charge in [0.05, 0.1) is 11.1 Å². The first-order chi connectivity index (χ1) is 8.21. The Balaban J connectivity index is 1.80. The third-order valence-corrected chi connectivity index (χ3v) is 4.32. The summed E-state index contributed by atoms with van der Waals surface area (Å²) in [4.78, 5) is 25.3. The molecular formula is C13H17NO3. The molecule has 2 heterocycles. The van der Waals surface area contributed by atoms with Gasteiger partial charge < -0.3 is 9.64 Å². The molecule has 2 aliphatic heterocycles. The first kappa shape index (κ1) is 10.8. The lowest BCUT2D eigenvalue weighted by Gasteiger charge is -2.31. The first-order valence-electron chi connectivity index (χ1n) is 6.41. The number of carbonyl (C=O) groups excluding carboxylic acids is 2. The van der Waals surface area contributed by atoms with Crippen LogP contribution in [0.25, 0.3) is 0 Å². The Hall–Kier alpha value is -1.32. The van der Waals surface area contributed by atoms with Crippen molar-refractivity contribution in [2.75, 3.05) is 13.2 Å². The van der Waals surface area contributed by atoms with Crippen LogP contribution >= 0.6 is 0 Å². The molecule has 0 unspecified atom stereocenters. The van der Waals surface area contributed by atoms with Gasteiger partial charge in [-0.2, -0.15) is 0 Å². The predicted molar refractivity (Wildman–Crippen MR) is 60.9 cm³/mol. The van der Waals surface area contributed by atoms with Crippen molar-refractivity contribution in [3.63, 3.8) is 0 Å². The molecule has 2 fully saturated rings. The Bertz CT molecular complexity index is 393. The van der Waals surface area contributed by atoms with Crippen LogP contribution in [0.3, 0.4) is 0 Å². The molecule has 4 heteroatoms. The summed E-state index contributed by atoms with van der Waals surface area (Å²) in [5.74, 6) is -0.0980. The maximum atomic E-state index is 12.5. The van der Waals surface area contributed by atoms with Crippen LogP contribution < -0.4 is 0 Å². The van der Waals surface area contributed by atoms with E-state index in [1.807, 2.05) is 0 Å². The second-order valence-corrected chi connectivity index (χ2v) is 5.29. The van der Waals surface area contributed by atoms with Crippen LogP contribution in [0.5, 0.6) is 0 Å². The van der Waals surface area contributed by atoms with Gasteiger partial charge in [-0.25, -0.2) is 4.79 Å². The molecule has 0 N–H and O–H groups in total. The Labute approximate surface area is 101 Å². The van der Waals surface area contributed by atoms with Crippen molar-refractivity contribution in [3.8, 4) is 0 Å². The normalized spacial score (nSPS) is 27.5. The minimum atomic E-state index is -0.322. The number of esters is 1. The predicted octanol–water partition coefficient (Wildman–Crippen LogP) is 1.61. The van der Waals surface area contributed by atoms with Crippen molar-refractivity contribution < 1.29 is 14.3 Å². The topological polar surface area (TPSA) is 46.6 Å². The van der Waals surface area contributed by atoms with Gasteiger partial charge in [-0.3, -0.25) is 4.79 Å². The molecule has 0 aromatic heterocycles. The summed E-state index contributed by atoms with van der Waals surface area (Å²) in [6, 6.07) is 0. The van der Waals surface area contributed by atoms with Gasteiger partial charge in [0.25, 0.3) is 0 Å². The fraction of sp³-hybridized carbons (Fsp3) is 0.692. The number of amides is 1. The molecule has 1 amide bonds. The molecule has 1 spiro atoms. The van der Waals surface area contributed by atoms with E-state index in [-0.39, 0.29) is 23.9 Å². The number of likely N-dealkylation sites (tertiary alicyclic amines) is 1. The average molecular weight is 235 g/mol. The van der Waals surface area contributed by atoms with E-state index >= 15 is 0 Å². The van der Waals surface area contributed by atoms with E-state index < -0.39 is 0 Å². The first-order valence-corrected chi connectivity index (χ1v) is 6.41. The van der Waals surface area contributed by atoms with Gasteiger partial charge in [-0.15, -0.1) is 0 Å². The molecule has 0 atom stereocenters. The van der Waals surface area contributed by atoms with Crippen LogP contribution in [0.15, 0.2) is 11.8 Å². The van der Waals surface area contributed by atoms with E-state index in [0.29, 0.717) is 0 Å². The van der Waals surface area contributed by atoms with E-state index in [1.165, 1.54) is 12.5 Å². The molecule has 92 valence electrons. The third-order valence-electron chi connectivity index (χ3n) is 4.32. The van der Waals surface area contributed by atoms with Crippen LogP contribution in [0, 0.1) is 5.41 Å². The quantitative estimate of drug-likeness (QED) is 0.649. The fourth-order valence-corrected chi connectivity index (χ4v) is 3.31. The Kier molecular flexibility index (Phi) is 2.45. The maximum Gasteiger partial charge on any atom is 0.333 e. The largest absolute Gasteiger partial charge is 0.456 e. The molecule has 1 saturated carbocycles. The van der Waals surface area contributed by atoms with Gasteiger partial charge in [-0.05, 0) is 19.3 Å². The highest BCUT2D eigenvalue weighted by Crippen LogP contribution is 2.45. The Morgan fingerprint density at radius 1 is 1.12 bits per heavy atom. The molecule has 0 radical (unpaired) electrons. The molecule has 0 aromatic carbocycles. The van der Waals surface area contributed by atoms with Gasteiger partial charge >= 0.3 is 5.97 Å². The second kappa shape index (κ2) is 3.86. The van der Waals surface area contributed by atoms with Crippen molar-refractivity contribution >= 4 is 11.9 Å². The zero-order chi connectivity index (χ0) is 11.9. The smallest absolute Gasteiger partial charge is 0.333 e. The number of carbonyl (C=O) groups is 2.